The Morgan fingerprint density at radius 2 is 1.33 bits per heavy atom. The highest BCUT2D eigenvalue weighted by atomic mass is 16.6. The number of carbonyl (C=O) groups is 3. The maximum atomic E-state index is 13.7. The number of nitrogens with one attached hydrogen (secondary N) is 3. The molecule has 0 aliphatic rings. The zero-order valence-corrected chi connectivity index (χ0v) is 27.2. The first-order valence-corrected chi connectivity index (χ1v) is 16.0. The van der Waals surface area contributed by atoms with Crippen molar-refractivity contribution in [1.82, 2.24) is 25.9 Å². The van der Waals surface area contributed by atoms with E-state index in [0.717, 1.165) is 16.7 Å². The van der Waals surface area contributed by atoms with Gasteiger partial charge in [0.05, 0.1) is 17.8 Å². The van der Waals surface area contributed by atoms with E-state index in [9.17, 15) is 19.5 Å². The first kappa shape index (κ1) is 35.6. The molecule has 11 heteroatoms. The maximum absolute atomic E-state index is 13.7. The van der Waals surface area contributed by atoms with E-state index >= 15 is 0 Å². The smallest absolute Gasteiger partial charge is 0.408 e. The standard InChI is InChI=1S/C37H43N5O6/c1-26(2)34(42-37(46)48-25-30-17-9-10-19-39-30)35(44)41-32(21-28-14-7-4-8-15-28)33(43)22-31(20-27-12-5-3-6-13-27)40-36(45)47-24-29-16-11-18-38-23-29/h3-19,23,26,31-34,43H,20-22,24-25H2,1-2H3,(H,40,45)(H,41,44)(H,42,46). The molecule has 4 aromatic rings. The van der Waals surface area contributed by atoms with E-state index in [-0.39, 0.29) is 25.6 Å². The molecule has 4 unspecified atom stereocenters. The molecule has 4 rings (SSSR count). The van der Waals surface area contributed by atoms with Crippen molar-refractivity contribution < 1.29 is 29.0 Å². The van der Waals surface area contributed by atoms with E-state index in [1.54, 1.807) is 42.9 Å². The summed E-state index contributed by atoms with van der Waals surface area (Å²) in [4.78, 5) is 47.4. The molecule has 2 aromatic carbocycles. The molecular weight excluding hydrogens is 610 g/mol. The van der Waals surface area contributed by atoms with Gasteiger partial charge in [-0.15, -0.1) is 0 Å². The van der Waals surface area contributed by atoms with Crippen molar-refractivity contribution in [3.8, 4) is 0 Å². The molecule has 3 amide bonds. The molecule has 11 nitrogen and oxygen atoms in total. The second-order valence-electron chi connectivity index (χ2n) is 11.8. The van der Waals surface area contributed by atoms with E-state index in [1.165, 1.54) is 0 Å². The molecule has 0 saturated carbocycles. The molecule has 0 spiro atoms. The molecule has 0 fully saturated rings. The third kappa shape index (κ3) is 12.1. The number of nitrogens with zero attached hydrogens (tertiary/aromatic N) is 2. The highest BCUT2D eigenvalue weighted by Crippen LogP contribution is 2.16. The second-order valence-corrected chi connectivity index (χ2v) is 11.8. The Labute approximate surface area is 281 Å². The van der Waals surface area contributed by atoms with Gasteiger partial charge in [0.1, 0.15) is 19.3 Å². The number of amides is 3. The highest BCUT2D eigenvalue weighted by Gasteiger charge is 2.31. The number of benzene rings is 2. The van der Waals surface area contributed by atoms with Crippen LogP contribution in [-0.4, -0.2) is 57.4 Å². The first-order valence-electron chi connectivity index (χ1n) is 16.0. The van der Waals surface area contributed by atoms with Gasteiger partial charge in [-0.1, -0.05) is 86.6 Å². The van der Waals surface area contributed by atoms with Crippen molar-refractivity contribution in [2.45, 2.75) is 70.6 Å². The van der Waals surface area contributed by atoms with Crippen LogP contribution in [0.25, 0.3) is 0 Å². The van der Waals surface area contributed by atoms with Crippen LogP contribution in [0.3, 0.4) is 0 Å². The lowest BCUT2D eigenvalue weighted by Gasteiger charge is -2.30. The van der Waals surface area contributed by atoms with Gasteiger partial charge in [-0.25, -0.2) is 9.59 Å². The van der Waals surface area contributed by atoms with Crippen LogP contribution >= 0.6 is 0 Å². The average molecular weight is 654 g/mol. The predicted octanol–water partition coefficient (Wildman–Crippen LogP) is 4.74. The zero-order valence-electron chi connectivity index (χ0n) is 27.2. The molecule has 0 aliphatic heterocycles. The van der Waals surface area contributed by atoms with Gasteiger partial charge in [-0.3, -0.25) is 14.8 Å². The molecule has 2 aromatic heterocycles. The molecule has 252 valence electrons. The molecule has 0 radical (unpaired) electrons. The zero-order chi connectivity index (χ0) is 34.1. The quantitative estimate of drug-likeness (QED) is 0.135. The van der Waals surface area contributed by atoms with E-state index in [4.69, 9.17) is 9.47 Å². The van der Waals surface area contributed by atoms with Gasteiger partial charge in [-0.05, 0) is 54.5 Å². The Hall–Kier alpha value is -5.29. The number of aromatic nitrogens is 2. The number of carbonyl (C=O) groups excluding carboxylic acids is 3. The number of rotatable bonds is 16. The fourth-order valence-electron chi connectivity index (χ4n) is 5.14. The van der Waals surface area contributed by atoms with Crippen molar-refractivity contribution in [2.24, 2.45) is 5.92 Å². The SMILES string of the molecule is CC(C)C(NC(=O)OCc1ccccn1)C(=O)NC(Cc1ccccc1)C(O)CC(Cc1ccccc1)NC(=O)OCc1cccnc1. The summed E-state index contributed by atoms with van der Waals surface area (Å²) >= 11 is 0. The van der Waals surface area contributed by atoms with E-state index in [0.29, 0.717) is 18.5 Å². The van der Waals surface area contributed by atoms with Gasteiger partial charge in [0, 0.05) is 30.2 Å². The van der Waals surface area contributed by atoms with Crippen molar-refractivity contribution in [1.29, 1.82) is 0 Å². The highest BCUT2D eigenvalue weighted by molar-refractivity contribution is 5.86. The molecule has 48 heavy (non-hydrogen) atoms. The lowest BCUT2D eigenvalue weighted by Crippen LogP contribution is -2.56. The van der Waals surface area contributed by atoms with Crippen LogP contribution in [0.2, 0.25) is 0 Å². The minimum atomic E-state index is -1.08. The normalized spacial score (nSPS) is 13.4. The van der Waals surface area contributed by atoms with Gasteiger partial charge in [-0.2, -0.15) is 0 Å². The number of aliphatic hydroxyl groups excluding tert-OH is 1. The van der Waals surface area contributed by atoms with E-state index < -0.39 is 42.3 Å². The minimum Gasteiger partial charge on any atom is -0.445 e. The van der Waals surface area contributed by atoms with Crippen LogP contribution in [0.5, 0.6) is 0 Å². The third-order valence-corrected chi connectivity index (χ3v) is 7.66. The van der Waals surface area contributed by atoms with Crippen LogP contribution in [-0.2, 0) is 40.3 Å². The molecule has 4 atom stereocenters. The Morgan fingerprint density at radius 3 is 1.96 bits per heavy atom. The number of ether oxygens (including phenoxy) is 2. The van der Waals surface area contributed by atoms with Crippen LogP contribution in [0, 0.1) is 5.92 Å². The summed E-state index contributed by atoms with van der Waals surface area (Å²) in [5.74, 6) is -0.757. The van der Waals surface area contributed by atoms with Crippen LogP contribution in [0.15, 0.2) is 110 Å². The van der Waals surface area contributed by atoms with Crippen molar-refractivity contribution >= 4 is 18.1 Å². The van der Waals surface area contributed by atoms with Gasteiger partial charge in [0.2, 0.25) is 5.91 Å². The fraction of sp³-hybridized carbons (Fsp3) is 0.324. The van der Waals surface area contributed by atoms with Crippen molar-refractivity contribution in [2.75, 3.05) is 0 Å². The van der Waals surface area contributed by atoms with E-state index in [2.05, 4.69) is 25.9 Å². The lowest BCUT2D eigenvalue weighted by molar-refractivity contribution is -0.125. The molecule has 0 bridgehead atoms. The number of alkyl carbamates (subject to hydrolysis) is 2. The first-order chi connectivity index (χ1) is 23.3. The number of aliphatic hydroxyl groups is 1. The van der Waals surface area contributed by atoms with Gasteiger partial charge >= 0.3 is 12.2 Å². The molecule has 0 aliphatic carbocycles. The van der Waals surface area contributed by atoms with Crippen LogP contribution < -0.4 is 16.0 Å². The van der Waals surface area contributed by atoms with Gasteiger partial charge in [0.15, 0.2) is 0 Å². The summed E-state index contributed by atoms with van der Waals surface area (Å²) < 4.78 is 10.7. The van der Waals surface area contributed by atoms with E-state index in [1.807, 2.05) is 80.6 Å². The topological polar surface area (TPSA) is 152 Å². The van der Waals surface area contributed by atoms with Crippen molar-refractivity contribution in [3.05, 3.63) is 132 Å². The molecular formula is C37H43N5O6. The fourth-order valence-corrected chi connectivity index (χ4v) is 5.14. The van der Waals surface area contributed by atoms with Crippen LogP contribution in [0.4, 0.5) is 9.59 Å². The molecule has 2 heterocycles. The predicted molar refractivity (Wildman–Crippen MR) is 180 cm³/mol. The lowest BCUT2D eigenvalue weighted by atomic mass is 9.93. The average Bonchev–Trinajstić information content (AvgIpc) is 3.10. The summed E-state index contributed by atoms with van der Waals surface area (Å²) in [6.07, 6.45) is 3.23. The number of hydrogen-bond acceptors (Lipinski definition) is 8. The Kier molecular flexibility index (Phi) is 13.9. The number of hydrogen-bond donors (Lipinski definition) is 4. The summed E-state index contributed by atoms with van der Waals surface area (Å²) in [7, 11) is 0. The molecule has 4 N–H and O–H groups in total. The maximum Gasteiger partial charge on any atom is 0.408 e. The van der Waals surface area contributed by atoms with Crippen molar-refractivity contribution in [3.63, 3.8) is 0 Å². The Morgan fingerprint density at radius 1 is 0.708 bits per heavy atom. The van der Waals surface area contributed by atoms with Gasteiger partial charge < -0.3 is 30.5 Å². The largest absolute Gasteiger partial charge is 0.445 e. The Balaban J connectivity index is 1.46. The third-order valence-electron chi connectivity index (χ3n) is 7.66. The second kappa shape index (κ2) is 18.8. The summed E-state index contributed by atoms with van der Waals surface area (Å²) in [6.45, 7) is 3.61. The monoisotopic (exact) mass is 653 g/mol. The van der Waals surface area contributed by atoms with Gasteiger partial charge in [0.25, 0.3) is 0 Å². The summed E-state index contributed by atoms with van der Waals surface area (Å²) in [5, 5.41) is 20.2. The number of pyridine rings is 2. The minimum absolute atomic E-state index is 0.0425. The summed E-state index contributed by atoms with van der Waals surface area (Å²) in [6, 6.07) is 25.7. The summed E-state index contributed by atoms with van der Waals surface area (Å²) in [5.41, 5.74) is 3.17. The van der Waals surface area contributed by atoms with Crippen LogP contribution in [0.1, 0.15) is 42.7 Å². The Bertz CT molecular complexity index is 1540. The molecule has 0 saturated heterocycles.